The van der Waals surface area contributed by atoms with Crippen LogP contribution < -0.4 is 0 Å². The Hall–Kier alpha value is -0.350. The SMILES string of the molecule is CCCC(C)=CS(=O)(=O)O. The zero-order valence-electron chi connectivity index (χ0n) is 6.16. The molecule has 0 saturated carbocycles. The summed E-state index contributed by atoms with van der Waals surface area (Å²) in [6.45, 7) is 3.62. The van der Waals surface area contributed by atoms with Crippen molar-refractivity contribution in [3.63, 3.8) is 0 Å². The molecule has 0 amide bonds. The van der Waals surface area contributed by atoms with Crippen LogP contribution in [0.5, 0.6) is 0 Å². The first-order valence-electron chi connectivity index (χ1n) is 3.10. The highest BCUT2D eigenvalue weighted by atomic mass is 32.2. The van der Waals surface area contributed by atoms with Gasteiger partial charge in [0.15, 0.2) is 0 Å². The van der Waals surface area contributed by atoms with Crippen molar-refractivity contribution in [3.8, 4) is 0 Å². The molecular formula is C6H12O3S. The van der Waals surface area contributed by atoms with Gasteiger partial charge in [-0.25, -0.2) is 0 Å². The van der Waals surface area contributed by atoms with Crippen molar-refractivity contribution in [3.05, 3.63) is 11.0 Å². The minimum Gasteiger partial charge on any atom is -0.282 e. The van der Waals surface area contributed by atoms with Gasteiger partial charge in [-0.1, -0.05) is 18.9 Å². The highest BCUT2D eigenvalue weighted by Crippen LogP contribution is 2.04. The quantitative estimate of drug-likeness (QED) is 0.644. The Kier molecular flexibility index (Phi) is 3.60. The largest absolute Gasteiger partial charge is 0.287 e. The van der Waals surface area contributed by atoms with Crippen LogP contribution in [-0.4, -0.2) is 13.0 Å². The normalized spacial score (nSPS) is 13.7. The fourth-order valence-electron chi connectivity index (χ4n) is 0.708. The number of hydrogen-bond acceptors (Lipinski definition) is 2. The molecule has 0 atom stereocenters. The number of rotatable bonds is 3. The molecule has 0 radical (unpaired) electrons. The van der Waals surface area contributed by atoms with Crippen molar-refractivity contribution in [2.45, 2.75) is 26.7 Å². The van der Waals surface area contributed by atoms with Crippen molar-refractivity contribution in [1.82, 2.24) is 0 Å². The minimum absolute atomic E-state index is 0.685. The van der Waals surface area contributed by atoms with Gasteiger partial charge in [0, 0.05) is 0 Å². The molecule has 0 bridgehead atoms. The molecule has 0 aromatic carbocycles. The van der Waals surface area contributed by atoms with E-state index in [1.54, 1.807) is 6.92 Å². The second kappa shape index (κ2) is 3.73. The molecule has 3 nitrogen and oxygen atoms in total. The van der Waals surface area contributed by atoms with Crippen molar-refractivity contribution in [2.75, 3.05) is 0 Å². The first kappa shape index (κ1) is 9.65. The van der Waals surface area contributed by atoms with E-state index in [2.05, 4.69) is 0 Å². The molecular weight excluding hydrogens is 152 g/mol. The Morgan fingerprint density at radius 2 is 2.10 bits per heavy atom. The predicted molar refractivity (Wildman–Crippen MR) is 40.2 cm³/mol. The molecule has 0 saturated heterocycles. The third kappa shape index (κ3) is 5.78. The summed E-state index contributed by atoms with van der Waals surface area (Å²) in [4.78, 5) is 0. The standard InChI is InChI=1S/C6H12O3S/c1-3-4-6(2)5-10(7,8)9/h5H,3-4H2,1-2H3,(H,7,8,9). The van der Waals surface area contributed by atoms with Crippen molar-refractivity contribution >= 4 is 10.1 Å². The molecule has 0 fully saturated rings. The topological polar surface area (TPSA) is 54.4 Å². The molecule has 0 rings (SSSR count). The van der Waals surface area contributed by atoms with E-state index in [1.807, 2.05) is 6.92 Å². The van der Waals surface area contributed by atoms with Crippen molar-refractivity contribution in [1.29, 1.82) is 0 Å². The smallest absolute Gasteiger partial charge is 0.282 e. The zero-order chi connectivity index (χ0) is 8.20. The zero-order valence-corrected chi connectivity index (χ0v) is 6.98. The van der Waals surface area contributed by atoms with E-state index in [0.29, 0.717) is 12.0 Å². The summed E-state index contributed by atoms with van der Waals surface area (Å²) in [5.41, 5.74) is 0.685. The molecule has 0 aromatic rings. The van der Waals surface area contributed by atoms with E-state index in [1.165, 1.54) is 0 Å². The van der Waals surface area contributed by atoms with Gasteiger partial charge < -0.3 is 0 Å². The van der Waals surface area contributed by atoms with Crippen molar-refractivity contribution < 1.29 is 13.0 Å². The molecule has 0 spiro atoms. The van der Waals surface area contributed by atoms with Crippen LogP contribution in [0.2, 0.25) is 0 Å². The van der Waals surface area contributed by atoms with E-state index < -0.39 is 10.1 Å². The molecule has 60 valence electrons. The van der Waals surface area contributed by atoms with Crippen LogP contribution in [-0.2, 0) is 10.1 Å². The average molecular weight is 164 g/mol. The maximum absolute atomic E-state index is 10.2. The molecule has 0 aliphatic heterocycles. The molecule has 10 heavy (non-hydrogen) atoms. The molecule has 1 N–H and O–H groups in total. The van der Waals surface area contributed by atoms with Gasteiger partial charge in [0.2, 0.25) is 0 Å². The Morgan fingerprint density at radius 3 is 2.40 bits per heavy atom. The summed E-state index contributed by atoms with van der Waals surface area (Å²) in [5.74, 6) is 0. The minimum atomic E-state index is -3.91. The van der Waals surface area contributed by atoms with Gasteiger partial charge in [-0.2, -0.15) is 8.42 Å². The van der Waals surface area contributed by atoms with Gasteiger partial charge in [-0.05, 0) is 13.3 Å². The lowest BCUT2D eigenvalue weighted by Crippen LogP contribution is -1.91. The lowest BCUT2D eigenvalue weighted by molar-refractivity contribution is 0.494. The van der Waals surface area contributed by atoms with Crippen LogP contribution >= 0.6 is 0 Å². The van der Waals surface area contributed by atoms with Crippen LogP contribution in [0, 0.1) is 0 Å². The second-order valence-electron chi connectivity index (χ2n) is 2.23. The van der Waals surface area contributed by atoms with Crippen LogP contribution in [0.1, 0.15) is 26.7 Å². The van der Waals surface area contributed by atoms with Gasteiger partial charge in [0.05, 0.1) is 5.41 Å². The fraction of sp³-hybridized carbons (Fsp3) is 0.667. The molecule has 0 unspecified atom stereocenters. The second-order valence-corrected chi connectivity index (χ2v) is 3.49. The van der Waals surface area contributed by atoms with Gasteiger partial charge in [0.1, 0.15) is 0 Å². The van der Waals surface area contributed by atoms with E-state index >= 15 is 0 Å². The Balaban J connectivity index is 4.18. The van der Waals surface area contributed by atoms with Gasteiger partial charge in [-0.15, -0.1) is 0 Å². The Labute approximate surface area is 61.5 Å². The van der Waals surface area contributed by atoms with Crippen LogP contribution in [0.3, 0.4) is 0 Å². The van der Waals surface area contributed by atoms with E-state index in [9.17, 15) is 8.42 Å². The molecule has 0 heterocycles. The predicted octanol–water partition coefficient (Wildman–Crippen LogP) is 1.58. The first-order valence-corrected chi connectivity index (χ1v) is 4.60. The number of hydrogen-bond donors (Lipinski definition) is 1. The maximum Gasteiger partial charge on any atom is 0.287 e. The summed E-state index contributed by atoms with van der Waals surface area (Å²) < 4.78 is 28.7. The lowest BCUT2D eigenvalue weighted by atomic mass is 10.2. The van der Waals surface area contributed by atoms with Crippen molar-refractivity contribution in [2.24, 2.45) is 0 Å². The van der Waals surface area contributed by atoms with Crippen LogP contribution in [0.4, 0.5) is 0 Å². The Morgan fingerprint density at radius 1 is 1.60 bits per heavy atom. The summed E-state index contributed by atoms with van der Waals surface area (Å²) >= 11 is 0. The monoisotopic (exact) mass is 164 g/mol. The summed E-state index contributed by atoms with van der Waals surface area (Å²) in [6.07, 6.45) is 1.59. The average Bonchev–Trinajstić information content (AvgIpc) is 1.59. The lowest BCUT2D eigenvalue weighted by Gasteiger charge is -1.93. The third-order valence-electron chi connectivity index (χ3n) is 0.994. The fourth-order valence-corrected chi connectivity index (χ4v) is 1.33. The summed E-state index contributed by atoms with van der Waals surface area (Å²) in [5, 5.41) is 0.885. The van der Waals surface area contributed by atoms with E-state index in [-0.39, 0.29) is 0 Å². The molecule has 4 heteroatoms. The highest BCUT2D eigenvalue weighted by Gasteiger charge is 1.98. The highest BCUT2D eigenvalue weighted by molar-refractivity contribution is 7.88. The maximum atomic E-state index is 10.2. The van der Waals surface area contributed by atoms with E-state index in [4.69, 9.17) is 4.55 Å². The molecule has 0 aromatic heterocycles. The molecule has 0 aliphatic carbocycles. The van der Waals surface area contributed by atoms with Crippen LogP contribution in [0.15, 0.2) is 11.0 Å². The molecule has 0 aliphatic rings. The first-order chi connectivity index (χ1) is 4.45. The summed E-state index contributed by atoms with van der Waals surface area (Å²) in [6, 6.07) is 0. The third-order valence-corrected chi connectivity index (χ3v) is 1.69. The Bertz CT molecular complexity index is 213. The van der Waals surface area contributed by atoms with Gasteiger partial charge in [-0.3, -0.25) is 4.55 Å². The number of allylic oxidation sites excluding steroid dienone is 1. The summed E-state index contributed by atoms with van der Waals surface area (Å²) in [7, 11) is -3.91. The van der Waals surface area contributed by atoms with Gasteiger partial charge in [0.25, 0.3) is 10.1 Å². The van der Waals surface area contributed by atoms with Gasteiger partial charge >= 0.3 is 0 Å². The van der Waals surface area contributed by atoms with E-state index in [0.717, 1.165) is 11.8 Å². The van der Waals surface area contributed by atoms with Crippen LogP contribution in [0.25, 0.3) is 0 Å².